The molecule has 0 bridgehead atoms. The van der Waals surface area contributed by atoms with E-state index >= 15 is 0 Å². The van der Waals surface area contributed by atoms with Gasteiger partial charge in [0.1, 0.15) is 0 Å². The van der Waals surface area contributed by atoms with Crippen molar-refractivity contribution < 1.29 is 18.0 Å². The van der Waals surface area contributed by atoms with Crippen LogP contribution >= 0.6 is 11.6 Å². The van der Waals surface area contributed by atoms with Gasteiger partial charge in [-0.05, 0) is 42.3 Å². The summed E-state index contributed by atoms with van der Waals surface area (Å²) in [6, 6.07) is 13.3. The molecule has 0 fully saturated rings. The van der Waals surface area contributed by atoms with Crippen LogP contribution in [0.25, 0.3) is 0 Å². The number of sulfonamides is 1. The van der Waals surface area contributed by atoms with Gasteiger partial charge in [-0.25, -0.2) is 8.42 Å². The summed E-state index contributed by atoms with van der Waals surface area (Å²) in [5, 5.41) is 3.36. The fraction of sp³-hybridized carbons (Fsp3) is 0.235. The standard InChI is InChI=1S/C17H19ClN2O4S/c1-20(24-2)25(22,23)15-10-8-14(9-11-15)19-17(21)12-7-13-5-3-4-6-16(13)18/h3-6,8-11H,7,12H2,1-2H3,(H,19,21). The smallest absolute Gasteiger partial charge is 0.264 e. The van der Waals surface area contributed by atoms with Crippen molar-refractivity contribution in [2.75, 3.05) is 19.5 Å². The van der Waals surface area contributed by atoms with Crippen molar-refractivity contribution in [1.29, 1.82) is 0 Å². The molecule has 0 saturated heterocycles. The highest BCUT2D eigenvalue weighted by Crippen LogP contribution is 2.19. The van der Waals surface area contributed by atoms with E-state index in [1.807, 2.05) is 18.2 Å². The summed E-state index contributed by atoms with van der Waals surface area (Å²) in [6.07, 6.45) is 0.798. The van der Waals surface area contributed by atoms with Gasteiger partial charge < -0.3 is 5.32 Å². The third-order valence-electron chi connectivity index (χ3n) is 3.61. The number of aryl methyl sites for hydroxylation is 1. The zero-order chi connectivity index (χ0) is 18.4. The highest BCUT2D eigenvalue weighted by Gasteiger charge is 2.20. The first kappa shape index (κ1) is 19.4. The lowest BCUT2D eigenvalue weighted by atomic mass is 10.1. The minimum Gasteiger partial charge on any atom is -0.326 e. The molecule has 0 aliphatic carbocycles. The van der Waals surface area contributed by atoms with E-state index in [9.17, 15) is 13.2 Å². The highest BCUT2D eigenvalue weighted by molar-refractivity contribution is 7.89. The lowest BCUT2D eigenvalue weighted by Gasteiger charge is -2.14. The molecule has 25 heavy (non-hydrogen) atoms. The van der Waals surface area contributed by atoms with Crippen molar-refractivity contribution in [1.82, 2.24) is 4.47 Å². The first-order valence-electron chi connectivity index (χ1n) is 7.51. The molecule has 0 aliphatic rings. The Morgan fingerprint density at radius 3 is 2.40 bits per heavy atom. The Morgan fingerprint density at radius 1 is 1.16 bits per heavy atom. The molecule has 0 atom stereocenters. The summed E-state index contributed by atoms with van der Waals surface area (Å²) in [7, 11) is -1.13. The highest BCUT2D eigenvalue weighted by atomic mass is 35.5. The van der Waals surface area contributed by atoms with E-state index in [-0.39, 0.29) is 17.2 Å². The number of nitrogens with one attached hydrogen (secondary N) is 1. The zero-order valence-electron chi connectivity index (χ0n) is 13.9. The third-order valence-corrected chi connectivity index (χ3v) is 5.67. The van der Waals surface area contributed by atoms with Crippen molar-refractivity contribution in [3.63, 3.8) is 0 Å². The van der Waals surface area contributed by atoms with Crippen LogP contribution in [0.15, 0.2) is 53.4 Å². The van der Waals surface area contributed by atoms with Crippen LogP contribution in [0.2, 0.25) is 5.02 Å². The quantitative estimate of drug-likeness (QED) is 0.746. The van der Waals surface area contributed by atoms with Crippen LogP contribution in [0.1, 0.15) is 12.0 Å². The Balaban J connectivity index is 1.97. The Bertz CT molecular complexity index is 838. The number of carbonyl (C=O) groups excluding carboxylic acids is 1. The predicted octanol–water partition coefficient (Wildman–Crippen LogP) is 3.09. The van der Waals surface area contributed by atoms with Crippen LogP contribution in [0.3, 0.4) is 0 Å². The van der Waals surface area contributed by atoms with Crippen LogP contribution in [0, 0.1) is 0 Å². The van der Waals surface area contributed by atoms with E-state index in [2.05, 4.69) is 5.32 Å². The fourth-order valence-electron chi connectivity index (χ4n) is 2.13. The summed E-state index contributed by atoms with van der Waals surface area (Å²) in [6.45, 7) is 0. The number of rotatable bonds is 7. The van der Waals surface area contributed by atoms with Gasteiger partial charge in [0.05, 0.1) is 12.0 Å². The molecule has 0 radical (unpaired) electrons. The van der Waals surface area contributed by atoms with Crippen LogP contribution in [-0.2, 0) is 26.1 Å². The molecule has 0 heterocycles. The lowest BCUT2D eigenvalue weighted by Crippen LogP contribution is -2.25. The number of hydrogen-bond acceptors (Lipinski definition) is 4. The normalized spacial score (nSPS) is 11.5. The van der Waals surface area contributed by atoms with Gasteiger partial charge in [-0.2, -0.15) is 0 Å². The molecule has 1 N–H and O–H groups in total. The van der Waals surface area contributed by atoms with Gasteiger partial charge in [-0.15, -0.1) is 0 Å². The SMILES string of the molecule is CON(C)S(=O)(=O)c1ccc(NC(=O)CCc2ccccc2Cl)cc1. The molecule has 0 spiro atoms. The second-order valence-electron chi connectivity index (χ2n) is 5.26. The molecule has 134 valence electrons. The number of nitrogens with zero attached hydrogens (tertiary/aromatic N) is 1. The van der Waals surface area contributed by atoms with Gasteiger partial charge in [-0.3, -0.25) is 9.63 Å². The number of halogens is 1. The third kappa shape index (κ3) is 5.02. The monoisotopic (exact) mass is 382 g/mol. The maximum absolute atomic E-state index is 12.1. The van der Waals surface area contributed by atoms with Crippen LogP contribution in [-0.4, -0.2) is 33.0 Å². The van der Waals surface area contributed by atoms with Crippen molar-refractivity contribution in [3.8, 4) is 0 Å². The molecule has 2 aromatic carbocycles. The van der Waals surface area contributed by atoms with E-state index in [4.69, 9.17) is 16.4 Å². The van der Waals surface area contributed by atoms with Crippen LogP contribution in [0.4, 0.5) is 5.69 Å². The van der Waals surface area contributed by atoms with E-state index in [0.29, 0.717) is 17.1 Å². The first-order valence-corrected chi connectivity index (χ1v) is 9.33. The molecular formula is C17H19ClN2O4S. The van der Waals surface area contributed by atoms with Gasteiger partial charge >= 0.3 is 0 Å². The Labute approximate surface area is 152 Å². The van der Waals surface area contributed by atoms with Crippen molar-refractivity contribution in [2.45, 2.75) is 17.7 Å². The van der Waals surface area contributed by atoms with Crippen molar-refractivity contribution in [2.24, 2.45) is 0 Å². The Morgan fingerprint density at radius 2 is 1.80 bits per heavy atom. The topological polar surface area (TPSA) is 75.7 Å². The summed E-state index contributed by atoms with van der Waals surface area (Å²) in [5.41, 5.74) is 1.42. The van der Waals surface area contributed by atoms with Gasteiger partial charge in [-0.1, -0.05) is 34.3 Å². The molecule has 1 amide bonds. The predicted molar refractivity (Wildman–Crippen MR) is 96.8 cm³/mol. The average molecular weight is 383 g/mol. The lowest BCUT2D eigenvalue weighted by molar-refractivity contribution is -0.116. The van der Waals surface area contributed by atoms with Crippen molar-refractivity contribution >= 4 is 33.2 Å². The number of hydrogen-bond donors (Lipinski definition) is 1. The molecule has 0 unspecified atom stereocenters. The van der Waals surface area contributed by atoms with Gasteiger partial charge in [0.2, 0.25) is 5.91 Å². The van der Waals surface area contributed by atoms with Gasteiger partial charge in [0.25, 0.3) is 10.0 Å². The summed E-state index contributed by atoms with van der Waals surface area (Å²) < 4.78 is 24.9. The summed E-state index contributed by atoms with van der Waals surface area (Å²) in [5.74, 6) is -0.176. The number of carbonyl (C=O) groups is 1. The minimum atomic E-state index is -3.70. The minimum absolute atomic E-state index is 0.0749. The van der Waals surface area contributed by atoms with E-state index in [0.717, 1.165) is 10.0 Å². The Kier molecular flexibility index (Phi) is 6.55. The zero-order valence-corrected chi connectivity index (χ0v) is 15.5. The number of amides is 1. The molecule has 0 aliphatic heterocycles. The molecule has 2 rings (SSSR count). The molecule has 8 heteroatoms. The molecule has 2 aromatic rings. The second-order valence-corrected chi connectivity index (χ2v) is 7.60. The van der Waals surface area contributed by atoms with Crippen LogP contribution < -0.4 is 5.32 Å². The van der Waals surface area contributed by atoms with E-state index in [1.54, 1.807) is 6.07 Å². The fourth-order valence-corrected chi connectivity index (χ4v) is 3.33. The van der Waals surface area contributed by atoms with Gasteiger partial charge in [0.15, 0.2) is 0 Å². The maximum atomic E-state index is 12.1. The molecular weight excluding hydrogens is 364 g/mol. The largest absolute Gasteiger partial charge is 0.326 e. The van der Waals surface area contributed by atoms with E-state index < -0.39 is 10.0 Å². The van der Waals surface area contributed by atoms with E-state index in [1.165, 1.54) is 38.4 Å². The summed E-state index contributed by atoms with van der Waals surface area (Å²) >= 11 is 6.06. The number of hydroxylamine groups is 1. The Hall–Kier alpha value is -1.93. The van der Waals surface area contributed by atoms with Crippen molar-refractivity contribution in [3.05, 3.63) is 59.1 Å². The average Bonchev–Trinajstić information content (AvgIpc) is 2.60. The van der Waals surface area contributed by atoms with Crippen LogP contribution in [0.5, 0.6) is 0 Å². The maximum Gasteiger partial charge on any atom is 0.264 e. The van der Waals surface area contributed by atoms with Gasteiger partial charge in [0, 0.05) is 24.2 Å². The summed E-state index contributed by atoms with van der Waals surface area (Å²) in [4.78, 5) is 16.8. The number of benzene rings is 2. The molecule has 6 nitrogen and oxygen atoms in total. The molecule has 0 aromatic heterocycles. The molecule has 0 saturated carbocycles. The first-order chi connectivity index (χ1) is 11.8. The number of anilines is 1. The second kappa shape index (κ2) is 8.44.